The Hall–Kier alpha value is -0.180. The monoisotopic (exact) mass is 174 g/mol. The summed E-state index contributed by atoms with van der Waals surface area (Å²) in [5.41, 5.74) is 0.143. The molecule has 0 bridgehead atoms. The van der Waals surface area contributed by atoms with Crippen molar-refractivity contribution in [3.63, 3.8) is 0 Å². The van der Waals surface area contributed by atoms with E-state index in [1.807, 2.05) is 13.8 Å². The van der Waals surface area contributed by atoms with Crippen molar-refractivity contribution in [2.75, 3.05) is 5.75 Å². The van der Waals surface area contributed by atoms with Crippen molar-refractivity contribution in [2.24, 2.45) is 5.92 Å². The first-order chi connectivity index (χ1) is 5.20. The third-order valence-electron chi connectivity index (χ3n) is 1.61. The number of thioether (sulfide) groups is 1. The number of carbonyl (C=O) groups excluding carboxylic acids is 1. The lowest BCUT2D eigenvalue weighted by atomic mass is 10.2. The zero-order valence-electron chi connectivity index (χ0n) is 7.00. The van der Waals surface area contributed by atoms with Crippen molar-refractivity contribution in [3.05, 3.63) is 0 Å². The Morgan fingerprint density at radius 2 is 2.36 bits per heavy atom. The maximum Gasteiger partial charge on any atom is 0.309 e. The molecule has 0 aromatic rings. The van der Waals surface area contributed by atoms with Gasteiger partial charge in [0.25, 0.3) is 0 Å². The van der Waals surface area contributed by atoms with Crippen LogP contribution in [0.4, 0.5) is 0 Å². The van der Waals surface area contributed by atoms with Crippen LogP contribution in [0.15, 0.2) is 0 Å². The Balaban J connectivity index is 2.24. The van der Waals surface area contributed by atoms with E-state index in [1.54, 1.807) is 11.8 Å². The standard InChI is InChI=1S/C8H14O2S/c1-6(2)8(9)10-7-4-3-5-11-7/h6-7H,3-5H2,1-2H3. The fourth-order valence-electron chi connectivity index (χ4n) is 0.907. The molecule has 0 aliphatic carbocycles. The minimum Gasteiger partial charge on any atom is -0.451 e. The Morgan fingerprint density at radius 3 is 2.82 bits per heavy atom. The maximum absolute atomic E-state index is 11.1. The lowest BCUT2D eigenvalue weighted by molar-refractivity contribution is -0.148. The highest BCUT2D eigenvalue weighted by atomic mass is 32.2. The second-order valence-electron chi connectivity index (χ2n) is 3.03. The highest BCUT2D eigenvalue weighted by Gasteiger charge is 2.20. The molecule has 64 valence electrons. The summed E-state index contributed by atoms with van der Waals surface area (Å²) in [6.45, 7) is 3.73. The molecule has 1 rings (SSSR count). The van der Waals surface area contributed by atoms with E-state index in [9.17, 15) is 4.79 Å². The molecule has 11 heavy (non-hydrogen) atoms. The van der Waals surface area contributed by atoms with Crippen molar-refractivity contribution in [3.8, 4) is 0 Å². The van der Waals surface area contributed by atoms with Crippen molar-refractivity contribution in [1.82, 2.24) is 0 Å². The molecule has 2 nitrogen and oxygen atoms in total. The molecule has 0 aromatic carbocycles. The Kier molecular flexibility index (Phi) is 3.24. The van der Waals surface area contributed by atoms with Crippen molar-refractivity contribution < 1.29 is 9.53 Å². The van der Waals surface area contributed by atoms with Gasteiger partial charge in [-0.25, -0.2) is 0 Å². The molecule has 1 atom stereocenters. The molecule has 0 N–H and O–H groups in total. The zero-order chi connectivity index (χ0) is 8.27. The topological polar surface area (TPSA) is 26.3 Å². The number of rotatable bonds is 2. The molecule has 0 radical (unpaired) electrons. The molecule has 1 saturated heterocycles. The summed E-state index contributed by atoms with van der Waals surface area (Å²) in [5, 5.41) is 0. The second-order valence-corrected chi connectivity index (χ2v) is 4.30. The van der Waals surface area contributed by atoms with Gasteiger partial charge >= 0.3 is 5.97 Å². The summed E-state index contributed by atoms with van der Waals surface area (Å²) in [6.07, 6.45) is 2.21. The summed E-state index contributed by atoms with van der Waals surface area (Å²) in [7, 11) is 0. The van der Waals surface area contributed by atoms with Crippen LogP contribution in [0.3, 0.4) is 0 Å². The predicted octanol–water partition coefficient (Wildman–Crippen LogP) is 2.04. The summed E-state index contributed by atoms with van der Waals surface area (Å²) in [5.74, 6) is 1.08. The van der Waals surface area contributed by atoms with Gasteiger partial charge in [-0.05, 0) is 18.6 Å². The van der Waals surface area contributed by atoms with Gasteiger partial charge in [0.15, 0.2) is 0 Å². The lowest BCUT2D eigenvalue weighted by Gasteiger charge is -2.11. The molecular weight excluding hydrogens is 160 g/mol. The third kappa shape index (κ3) is 2.73. The fourth-order valence-corrected chi connectivity index (χ4v) is 2.00. The molecule has 1 aliphatic heterocycles. The molecule has 0 amide bonds. The van der Waals surface area contributed by atoms with Crippen LogP contribution in [-0.4, -0.2) is 17.2 Å². The van der Waals surface area contributed by atoms with Gasteiger partial charge in [0.05, 0.1) is 5.92 Å². The average Bonchev–Trinajstić information content (AvgIpc) is 2.39. The van der Waals surface area contributed by atoms with E-state index < -0.39 is 0 Å². The van der Waals surface area contributed by atoms with Gasteiger partial charge in [0.1, 0.15) is 5.44 Å². The molecule has 0 saturated carbocycles. The van der Waals surface area contributed by atoms with Crippen molar-refractivity contribution >= 4 is 17.7 Å². The second kappa shape index (κ2) is 4.00. The van der Waals surface area contributed by atoms with E-state index in [1.165, 1.54) is 6.42 Å². The number of carbonyl (C=O) groups is 1. The van der Waals surface area contributed by atoms with Crippen LogP contribution in [0.25, 0.3) is 0 Å². The van der Waals surface area contributed by atoms with Crippen molar-refractivity contribution in [1.29, 1.82) is 0 Å². The molecule has 0 spiro atoms. The zero-order valence-corrected chi connectivity index (χ0v) is 7.82. The highest BCUT2D eigenvalue weighted by molar-refractivity contribution is 8.00. The molecule has 1 unspecified atom stereocenters. The number of hydrogen-bond acceptors (Lipinski definition) is 3. The summed E-state index contributed by atoms with van der Waals surface area (Å²) in [4.78, 5) is 11.1. The van der Waals surface area contributed by atoms with Gasteiger partial charge in [-0.2, -0.15) is 0 Å². The van der Waals surface area contributed by atoms with Crippen LogP contribution in [0.2, 0.25) is 0 Å². The van der Waals surface area contributed by atoms with Gasteiger partial charge in [-0.15, -0.1) is 11.8 Å². The smallest absolute Gasteiger partial charge is 0.309 e. The van der Waals surface area contributed by atoms with Gasteiger partial charge in [-0.3, -0.25) is 4.79 Å². The number of esters is 1. The first-order valence-electron chi connectivity index (χ1n) is 4.02. The van der Waals surface area contributed by atoms with Gasteiger partial charge < -0.3 is 4.74 Å². The molecule has 1 heterocycles. The third-order valence-corrected chi connectivity index (χ3v) is 2.84. The molecule has 1 fully saturated rings. The minimum atomic E-state index is -0.0654. The summed E-state index contributed by atoms with van der Waals surface area (Å²) >= 11 is 1.75. The van der Waals surface area contributed by atoms with E-state index in [2.05, 4.69) is 0 Å². The quantitative estimate of drug-likeness (QED) is 0.599. The largest absolute Gasteiger partial charge is 0.451 e. The van der Waals surface area contributed by atoms with E-state index in [0.717, 1.165) is 12.2 Å². The SMILES string of the molecule is CC(C)C(=O)OC1CCCS1. The van der Waals surface area contributed by atoms with Crippen LogP contribution in [0.1, 0.15) is 26.7 Å². The predicted molar refractivity (Wildman–Crippen MR) is 46.4 cm³/mol. The normalized spacial score (nSPS) is 24.1. The van der Waals surface area contributed by atoms with Crippen LogP contribution in [0.5, 0.6) is 0 Å². The Labute approximate surface area is 71.7 Å². The van der Waals surface area contributed by atoms with Gasteiger partial charge in [0, 0.05) is 0 Å². The maximum atomic E-state index is 11.1. The van der Waals surface area contributed by atoms with E-state index in [4.69, 9.17) is 4.74 Å². The van der Waals surface area contributed by atoms with E-state index in [0.29, 0.717) is 0 Å². The Bertz CT molecular complexity index is 139. The van der Waals surface area contributed by atoms with Crippen LogP contribution >= 0.6 is 11.8 Å². The van der Waals surface area contributed by atoms with Gasteiger partial charge in [0.2, 0.25) is 0 Å². The number of hydrogen-bond donors (Lipinski definition) is 0. The van der Waals surface area contributed by atoms with Crippen LogP contribution in [0, 0.1) is 5.92 Å². The number of ether oxygens (including phenoxy) is 1. The average molecular weight is 174 g/mol. The van der Waals surface area contributed by atoms with Crippen LogP contribution in [-0.2, 0) is 9.53 Å². The molecule has 1 aliphatic rings. The summed E-state index contributed by atoms with van der Waals surface area (Å²) in [6, 6.07) is 0. The lowest BCUT2D eigenvalue weighted by Crippen LogP contribution is -2.16. The molecular formula is C8H14O2S. The summed E-state index contributed by atoms with van der Waals surface area (Å²) < 4.78 is 5.20. The van der Waals surface area contributed by atoms with E-state index in [-0.39, 0.29) is 17.3 Å². The van der Waals surface area contributed by atoms with Crippen molar-refractivity contribution in [2.45, 2.75) is 32.1 Å². The highest BCUT2D eigenvalue weighted by Crippen LogP contribution is 2.27. The first kappa shape index (κ1) is 8.91. The fraction of sp³-hybridized carbons (Fsp3) is 0.875. The Morgan fingerprint density at radius 1 is 1.64 bits per heavy atom. The minimum absolute atomic E-state index is 0.0104. The molecule has 3 heteroatoms. The van der Waals surface area contributed by atoms with Crippen LogP contribution < -0.4 is 0 Å². The molecule has 0 aromatic heterocycles. The van der Waals surface area contributed by atoms with E-state index >= 15 is 0 Å². The first-order valence-corrected chi connectivity index (χ1v) is 5.07. The van der Waals surface area contributed by atoms with Gasteiger partial charge in [-0.1, -0.05) is 13.8 Å².